The highest BCUT2D eigenvalue weighted by Gasteiger charge is 2.44. The zero-order chi connectivity index (χ0) is 18.0. The summed E-state index contributed by atoms with van der Waals surface area (Å²) in [5.41, 5.74) is 7.60. The van der Waals surface area contributed by atoms with Gasteiger partial charge in [0.2, 0.25) is 0 Å². The minimum Gasteiger partial charge on any atom is -0.497 e. The summed E-state index contributed by atoms with van der Waals surface area (Å²) in [5.74, 6) is 3.22. The largest absolute Gasteiger partial charge is 0.497 e. The van der Waals surface area contributed by atoms with E-state index in [1.807, 2.05) is 0 Å². The molecule has 3 aromatic rings. The van der Waals surface area contributed by atoms with Gasteiger partial charge in [0.25, 0.3) is 0 Å². The first-order valence-corrected chi connectivity index (χ1v) is 10.6. The second-order valence-electron chi connectivity index (χ2n) is 8.78. The molecular formula is C25H27NO. The third kappa shape index (κ3) is 2.32. The fraction of sp³-hybridized carbons (Fsp3) is 0.440. The predicted octanol–water partition coefficient (Wildman–Crippen LogP) is 6.48. The van der Waals surface area contributed by atoms with Crippen LogP contribution >= 0.6 is 0 Å². The topological polar surface area (TPSA) is 14.2 Å². The van der Waals surface area contributed by atoms with Crippen LogP contribution in [0.25, 0.3) is 22.2 Å². The normalized spacial score (nSPS) is 24.0. The Labute approximate surface area is 161 Å². The van der Waals surface area contributed by atoms with E-state index in [1.165, 1.54) is 72.8 Å². The average Bonchev–Trinajstić information content (AvgIpc) is 3.44. The van der Waals surface area contributed by atoms with E-state index in [0.29, 0.717) is 11.8 Å². The molecule has 0 bridgehead atoms. The highest BCUT2D eigenvalue weighted by atomic mass is 16.5. The fourth-order valence-electron chi connectivity index (χ4n) is 5.87. The molecule has 27 heavy (non-hydrogen) atoms. The average molecular weight is 357 g/mol. The van der Waals surface area contributed by atoms with Gasteiger partial charge < -0.3 is 9.30 Å². The summed E-state index contributed by atoms with van der Waals surface area (Å²) < 4.78 is 8.24. The van der Waals surface area contributed by atoms with E-state index in [0.717, 1.165) is 11.7 Å². The molecule has 2 atom stereocenters. The number of ether oxygens (including phenoxy) is 1. The fourth-order valence-corrected chi connectivity index (χ4v) is 5.87. The molecule has 0 radical (unpaired) electrons. The Morgan fingerprint density at radius 1 is 1.00 bits per heavy atom. The molecule has 0 saturated heterocycles. The third-order valence-corrected chi connectivity index (χ3v) is 7.28. The van der Waals surface area contributed by atoms with E-state index in [1.54, 1.807) is 12.7 Å². The second-order valence-corrected chi connectivity index (χ2v) is 8.78. The van der Waals surface area contributed by atoms with E-state index in [2.05, 4.69) is 47.0 Å². The Morgan fingerprint density at radius 2 is 1.85 bits per heavy atom. The molecule has 2 aromatic carbocycles. The first kappa shape index (κ1) is 15.8. The number of aromatic nitrogens is 1. The van der Waals surface area contributed by atoms with Crippen LogP contribution in [0.4, 0.5) is 0 Å². The minimum absolute atomic E-state index is 0.712. The summed E-state index contributed by atoms with van der Waals surface area (Å²) in [6, 6.07) is 16.0. The molecule has 2 fully saturated rings. The molecule has 2 nitrogen and oxygen atoms in total. The summed E-state index contributed by atoms with van der Waals surface area (Å²) >= 11 is 0. The van der Waals surface area contributed by atoms with Gasteiger partial charge in [0.15, 0.2) is 0 Å². The van der Waals surface area contributed by atoms with Gasteiger partial charge in [-0.15, -0.1) is 0 Å². The van der Waals surface area contributed by atoms with Gasteiger partial charge in [-0.05, 0) is 72.4 Å². The van der Waals surface area contributed by atoms with Gasteiger partial charge in [0, 0.05) is 23.0 Å². The first-order chi connectivity index (χ1) is 13.3. The minimum atomic E-state index is 0.712. The lowest BCUT2D eigenvalue weighted by Crippen LogP contribution is -2.07. The van der Waals surface area contributed by atoms with Crippen LogP contribution in [0.2, 0.25) is 0 Å². The van der Waals surface area contributed by atoms with Gasteiger partial charge in [-0.1, -0.05) is 37.5 Å². The lowest BCUT2D eigenvalue weighted by molar-refractivity contribution is 0.414. The van der Waals surface area contributed by atoms with Crippen LogP contribution in [0, 0.1) is 5.92 Å². The zero-order valence-electron chi connectivity index (χ0n) is 16.1. The van der Waals surface area contributed by atoms with Gasteiger partial charge in [-0.3, -0.25) is 0 Å². The molecule has 6 rings (SSSR count). The second kappa shape index (κ2) is 5.89. The lowest BCUT2D eigenvalue weighted by atomic mass is 9.81. The molecule has 0 amide bonds. The molecule has 0 spiro atoms. The van der Waals surface area contributed by atoms with Crippen LogP contribution in [-0.2, 0) is 6.54 Å². The Morgan fingerprint density at radius 3 is 2.70 bits per heavy atom. The molecule has 3 aliphatic rings. The molecule has 2 aliphatic carbocycles. The van der Waals surface area contributed by atoms with Crippen molar-refractivity contribution < 1.29 is 4.74 Å². The number of hydrogen-bond acceptors (Lipinski definition) is 1. The van der Waals surface area contributed by atoms with Gasteiger partial charge in [-0.25, -0.2) is 0 Å². The van der Waals surface area contributed by atoms with Gasteiger partial charge in [0.1, 0.15) is 5.75 Å². The molecular weight excluding hydrogens is 330 g/mol. The standard InChI is InChI=1S/C25H27NO/c1-27-18-11-12-19-22(14-18)21-13-17(21)15-26-23-10-6-5-9-20(23)24(25(19)26)16-7-3-2-4-8-16/h5-6,9-12,14,16-17,21H,2-4,7-8,13,15H2,1H3. The summed E-state index contributed by atoms with van der Waals surface area (Å²) in [6.07, 6.45) is 8.18. The van der Waals surface area contributed by atoms with Crippen LogP contribution in [0.5, 0.6) is 5.75 Å². The molecule has 2 heterocycles. The number of fused-ring (bicyclic) bond motifs is 7. The monoisotopic (exact) mass is 357 g/mol. The number of para-hydroxylation sites is 1. The summed E-state index contributed by atoms with van der Waals surface area (Å²) in [7, 11) is 1.78. The zero-order valence-corrected chi connectivity index (χ0v) is 16.1. The Balaban J connectivity index is 1.66. The van der Waals surface area contributed by atoms with Gasteiger partial charge >= 0.3 is 0 Å². The van der Waals surface area contributed by atoms with Crippen LogP contribution in [-0.4, -0.2) is 11.7 Å². The smallest absolute Gasteiger partial charge is 0.119 e. The summed E-state index contributed by atoms with van der Waals surface area (Å²) in [4.78, 5) is 0. The predicted molar refractivity (Wildman–Crippen MR) is 111 cm³/mol. The van der Waals surface area contributed by atoms with Crippen molar-refractivity contribution in [1.29, 1.82) is 0 Å². The van der Waals surface area contributed by atoms with Crippen molar-refractivity contribution in [2.75, 3.05) is 7.11 Å². The SMILES string of the molecule is COc1ccc2c(c1)C1CC1Cn1c-2c(C2CCCCC2)c2ccccc21. The molecule has 1 aromatic heterocycles. The maximum absolute atomic E-state index is 5.57. The highest BCUT2D eigenvalue weighted by Crippen LogP contribution is 2.57. The van der Waals surface area contributed by atoms with Crippen molar-refractivity contribution >= 4 is 10.9 Å². The quantitative estimate of drug-likeness (QED) is 0.512. The molecule has 2 unspecified atom stereocenters. The van der Waals surface area contributed by atoms with E-state index in [4.69, 9.17) is 4.74 Å². The molecule has 1 aliphatic heterocycles. The highest BCUT2D eigenvalue weighted by molar-refractivity contribution is 5.93. The van der Waals surface area contributed by atoms with E-state index in [-0.39, 0.29) is 0 Å². The Kier molecular flexibility index (Phi) is 3.45. The molecule has 0 N–H and O–H groups in total. The summed E-state index contributed by atoms with van der Waals surface area (Å²) in [5, 5.41) is 1.50. The van der Waals surface area contributed by atoms with Crippen molar-refractivity contribution in [2.24, 2.45) is 5.92 Å². The van der Waals surface area contributed by atoms with Crippen LogP contribution < -0.4 is 4.74 Å². The van der Waals surface area contributed by atoms with Crippen molar-refractivity contribution in [1.82, 2.24) is 4.57 Å². The number of rotatable bonds is 2. The van der Waals surface area contributed by atoms with Crippen molar-refractivity contribution in [3.05, 3.63) is 53.6 Å². The van der Waals surface area contributed by atoms with E-state index < -0.39 is 0 Å². The first-order valence-electron chi connectivity index (χ1n) is 10.6. The third-order valence-electron chi connectivity index (χ3n) is 7.28. The lowest BCUT2D eigenvalue weighted by Gasteiger charge is -2.24. The van der Waals surface area contributed by atoms with Gasteiger partial charge in [0.05, 0.1) is 12.8 Å². The van der Waals surface area contributed by atoms with E-state index in [9.17, 15) is 0 Å². The maximum Gasteiger partial charge on any atom is 0.119 e. The van der Waals surface area contributed by atoms with Gasteiger partial charge in [-0.2, -0.15) is 0 Å². The van der Waals surface area contributed by atoms with Crippen molar-refractivity contribution in [2.45, 2.75) is 56.9 Å². The maximum atomic E-state index is 5.57. The van der Waals surface area contributed by atoms with Crippen molar-refractivity contribution in [3.63, 3.8) is 0 Å². The number of benzene rings is 2. The van der Waals surface area contributed by atoms with Crippen LogP contribution in [0.1, 0.15) is 61.5 Å². The number of nitrogens with zero attached hydrogens (tertiary/aromatic N) is 1. The summed E-state index contributed by atoms with van der Waals surface area (Å²) in [6.45, 7) is 1.17. The molecule has 138 valence electrons. The Bertz CT molecular complexity index is 1020. The Hall–Kier alpha value is -2.22. The molecule has 2 saturated carbocycles. The number of methoxy groups -OCH3 is 1. The van der Waals surface area contributed by atoms with Crippen LogP contribution in [0.3, 0.4) is 0 Å². The van der Waals surface area contributed by atoms with E-state index >= 15 is 0 Å². The molecule has 2 heteroatoms. The van der Waals surface area contributed by atoms with Crippen molar-refractivity contribution in [3.8, 4) is 17.0 Å². The van der Waals surface area contributed by atoms with Crippen LogP contribution in [0.15, 0.2) is 42.5 Å². The number of hydrogen-bond donors (Lipinski definition) is 0.